The third kappa shape index (κ3) is 2.85. The third-order valence-corrected chi connectivity index (χ3v) is 1.69. The fraction of sp³-hybridized carbons (Fsp3) is 0.625. The second-order valence-corrected chi connectivity index (χ2v) is 2.88. The molecule has 1 aromatic heterocycles. The predicted octanol–water partition coefficient (Wildman–Crippen LogP) is 0.974. The molecule has 1 heterocycles. The highest BCUT2D eigenvalue weighted by Crippen LogP contribution is 2.07. The molecule has 3 N–H and O–H groups in total. The van der Waals surface area contributed by atoms with Crippen molar-refractivity contribution in [2.45, 2.75) is 26.7 Å². The van der Waals surface area contributed by atoms with E-state index in [2.05, 4.69) is 27.4 Å². The van der Waals surface area contributed by atoms with Crippen LogP contribution in [-0.2, 0) is 0 Å². The van der Waals surface area contributed by atoms with E-state index in [0.29, 0.717) is 0 Å². The Morgan fingerprint density at radius 2 is 2.15 bits per heavy atom. The van der Waals surface area contributed by atoms with Crippen LogP contribution in [0.3, 0.4) is 0 Å². The van der Waals surface area contributed by atoms with Gasteiger partial charge >= 0.3 is 0 Å². The topological polar surface area (TPSA) is 76.7 Å². The van der Waals surface area contributed by atoms with Gasteiger partial charge in [0.15, 0.2) is 5.82 Å². The van der Waals surface area contributed by atoms with Crippen LogP contribution in [0.5, 0.6) is 0 Å². The summed E-state index contributed by atoms with van der Waals surface area (Å²) in [6.07, 6.45) is 2.27. The van der Waals surface area contributed by atoms with Gasteiger partial charge in [0.25, 0.3) is 0 Å². The normalized spacial score (nSPS) is 10.0. The summed E-state index contributed by atoms with van der Waals surface area (Å²) >= 11 is 0. The highest BCUT2D eigenvalue weighted by Gasteiger charge is 2.01. The number of hydrogen-bond acceptors (Lipinski definition) is 5. The smallest absolute Gasteiger partial charge is 0.242 e. The molecule has 72 valence electrons. The fourth-order valence-electron chi connectivity index (χ4n) is 0.942. The van der Waals surface area contributed by atoms with Crippen LogP contribution in [0, 0.1) is 6.92 Å². The van der Waals surface area contributed by atoms with Crippen molar-refractivity contribution in [2.75, 3.05) is 17.6 Å². The summed E-state index contributed by atoms with van der Waals surface area (Å²) in [7, 11) is 0. The van der Waals surface area contributed by atoms with Crippen LogP contribution in [0.15, 0.2) is 0 Å². The molecule has 0 spiro atoms. The molecule has 0 aromatic carbocycles. The van der Waals surface area contributed by atoms with Gasteiger partial charge in [0.2, 0.25) is 5.95 Å². The lowest BCUT2D eigenvalue weighted by Crippen LogP contribution is -2.09. The molecule has 13 heavy (non-hydrogen) atoms. The van der Waals surface area contributed by atoms with Crippen molar-refractivity contribution < 1.29 is 0 Å². The maximum atomic E-state index is 5.41. The van der Waals surface area contributed by atoms with Crippen molar-refractivity contribution in [3.63, 3.8) is 0 Å². The van der Waals surface area contributed by atoms with E-state index < -0.39 is 0 Å². The van der Waals surface area contributed by atoms with E-state index in [-0.39, 0.29) is 5.95 Å². The van der Waals surface area contributed by atoms with Crippen LogP contribution in [0.25, 0.3) is 0 Å². The van der Waals surface area contributed by atoms with Crippen molar-refractivity contribution in [2.24, 2.45) is 0 Å². The minimum atomic E-state index is 0.213. The van der Waals surface area contributed by atoms with Crippen LogP contribution in [0.2, 0.25) is 0 Å². The molecular formula is C8H15N5. The standard InChI is InChI=1S/C8H15N5/c1-3-4-5-10-7-6(2)12-13-8(9)11-7/h3-5H2,1-2H3,(H3,9,10,11,13). The first-order valence-electron chi connectivity index (χ1n) is 4.44. The van der Waals surface area contributed by atoms with Gasteiger partial charge in [-0.3, -0.25) is 0 Å². The van der Waals surface area contributed by atoms with Crippen molar-refractivity contribution in [3.8, 4) is 0 Å². The first kappa shape index (κ1) is 9.70. The van der Waals surface area contributed by atoms with E-state index in [1.807, 2.05) is 6.92 Å². The second-order valence-electron chi connectivity index (χ2n) is 2.88. The van der Waals surface area contributed by atoms with Gasteiger partial charge < -0.3 is 11.1 Å². The average molecular weight is 181 g/mol. The second kappa shape index (κ2) is 4.59. The summed E-state index contributed by atoms with van der Waals surface area (Å²) in [6, 6.07) is 0. The van der Waals surface area contributed by atoms with Crippen molar-refractivity contribution in [1.29, 1.82) is 0 Å². The summed E-state index contributed by atoms with van der Waals surface area (Å²) in [6.45, 7) is 4.89. The van der Waals surface area contributed by atoms with Crippen LogP contribution in [-0.4, -0.2) is 21.7 Å². The Morgan fingerprint density at radius 3 is 2.85 bits per heavy atom. The largest absolute Gasteiger partial charge is 0.368 e. The molecular weight excluding hydrogens is 166 g/mol. The van der Waals surface area contributed by atoms with Gasteiger partial charge in [0, 0.05) is 6.54 Å². The molecule has 0 saturated heterocycles. The molecule has 5 nitrogen and oxygen atoms in total. The van der Waals surface area contributed by atoms with E-state index >= 15 is 0 Å². The maximum absolute atomic E-state index is 5.41. The Morgan fingerprint density at radius 1 is 1.38 bits per heavy atom. The number of anilines is 2. The molecule has 0 saturated carbocycles. The van der Waals surface area contributed by atoms with Gasteiger partial charge in [-0.2, -0.15) is 4.98 Å². The summed E-state index contributed by atoms with van der Waals surface area (Å²) in [5.74, 6) is 0.950. The van der Waals surface area contributed by atoms with Crippen LogP contribution in [0.1, 0.15) is 25.5 Å². The zero-order valence-corrected chi connectivity index (χ0v) is 8.04. The Bertz CT molecular complexity index is 273. The summed E-state index contributed by atoms with van der Waals surface area (Å²) in [5.41, 5.74) is 6.19. The molecule has 0 aliphatic heterocycles. The number of nitrogens with one attached hydrogen (secondary N) is 1. The number of aryl methyl sites for hydroxylation is 1. The van der Waals surface area contributed by atoms with Gasteiger partial charge in [-0.15, -0.1) is 10.2 Å². The molecule has 0 aliphatic rings. The van der Waals surface area contributed by atoms with Crippen molar-refractivity contribution >= 4 is 11.8 Å². The van der Waals surface area contributed by atoms with Crippen LogP contribution >= 0.6 is 0 Å². The van der Waals surface area contributed by atoms with Crippen molar-refractivity contribution in [1.82, 2.24) is 15.2 Å². The maximum Gasteiger partial charge on any atom is 0.242 e. The zero-order valence-electron chi connectivity index (χ0n) is 8.04. The number of nitrogens with two attached hydrogens (primary N) is 1. The van der Waals surface area contributed by atoms with E-state index in [1.54, 1.807) is 0 Å². The Labute approximate surface area is 77.8 Å². The molecule has 0 radical (unpaired) electrons. The number of rotatable bonds is 4. The number of nitrogen functional groups attached to an aromatic ring is 1. The SMILES string of the molecule is CCCCNc1nc(N)nnc1C. The molecule has 1 aromatic rings. The number of aromatic nitrogens is 3. The molecule has 0 atom stereocenters. The zero-order chi connectivity index (χ0) is 9.68. The Kier molecular flexibility index (Phi) is 3.42. The monoisotopic (exact) mass is 181 g/mol. The van der Waals surface area contributed by atoms with E-state index in [0.717, 1.165) is 30.9 Å². The van der Waals surface area contributed by atoms with E-state index in [9.17, 15) is 0 Å². The highest BCUT2D eigenvalue weighted by molar-refractivity contribution is 5.41. The van der Waals surface area contributed by atoms with Gasteiger partial charge in [0.1, 0.15) is 5.69 Å². The Hall–Kier alpha value is -1.39. The number of unbranched alkanes of at least 4 members (excludes halogenated alkanes) is 1. The predicted molar refractivity (Wildman–Crippen MR) is 52.4 cm³/mol. The first-order chi connectivity index (χ1) is 6.24. The first-order valence-corrected chi connectivity index (χ1v) is 4.44. The molecule has 0 amide bonds. The van der Waals surface area contributed by atoms with Gasteiger partial charge in [-0.05, 0) is 13.3 Å². The molecule has 0 unspecified atom stereocenters. The summed E-state index contributed by atoms with van der Waals surface area (Å²) < 4.78 is 0. The lowest BCUT2D eigenvalue weighted by molar-refractivity contribution is 0.824. The molecule has 0 fully saturated rings. The Balaban J connectivity index is 2.59. The van der Waals surface area contributed by atoms with E-state index in [4.69, 9.17) is 5.73 Å². The molecule has 0 bridgehead atoms. The van der Waals surface area contributed by atoms with Crippen LogP contribution < -0.4 is 11.1 Å². The lowest BCUT2D eigenvalue weighted by Gasteiger charge is -2.06. The molecule has 0 aliphatic carbocycles. The molecule has 5 heteroatoms. The quantitative estimate of drug-likeness (QED) is 0.677. The minimum absolute atomic E-state index is 0.213. The van der Waals surface area contributed by atoms with Crippen LogP contribution in [0.4, 0.5) is 11.8 Å². The van der Waals surface area contributed by atoms with Crippen molar-refractivity contribution in [3.05, 3.63) is 5.69 Å². The minimum Gasteiger partial charge on any atom is -0.368 e. The third-order valence-electron chi connectivity index (χ3n) is 1.69. The van der Waals surface area contributed by atoms with E-state index in [1.165, 1.54) is 0 Å². The number of hydrogen-bond donors (Lipinski definition) is 2. The van der Waals surface area contributed by atoms with Gasteiger partial charge in [0.05, 0.1) is 0 Å². The average Bonchev–Trinajstić information content (AvgIpc) is 2.11. The summed E-state index contributed by atoms with van der Waals surface area (Å²) in [5, 5.41) is 10.7. The lowest BCUT2D eigenvalue weighted by atomic mass is 10.3. The number of nitrogens with zero attached hydrogens (tertiary/aromatic N) is 3. The highest BCUT2D eigenvalue weighted by atomic mass is 15.2. The molecule has 1 rings (SSSR count). The van der Waals surface area contributed by atoms with Gasteiger partial charge in [-0.1, -0.05) is 13.3 Å². The van der Waals surface area contributed by atoms with Gasteiger partial charge in [-0.25, -0.2) is 0 Å². The summed E-state index contributed by atoms with van der Waals surface area (Å²) in [4.78, 5) is 4.04. The fourth-order valence-corrected chi connectivity index (χ4v) is 0.942.